The molecule has 1 aliphatic heterocycles. The normalized spacial score (nSPS) is 15.8. The third-order valence-electron chi connectivity index (χ3n) is 5.67. The van der Waals surface area contributed by atoms with Gasteiger partial charge in [0.2, 0.25) is 16.1 Å². The quantitative estimate of drug-likeness (QED) is 0.464. The van der Waals surface area contributed by atoms with Crippen LogP contribution in [0.3, 0.4) is 0 Å². The van der Waals surface area contributed by atoms with Gasteiger partial charge in [-0.25, -0.2) is 17.9 Å². The van der Waals surface area contributed by atoms with Gasteiger partial charge in [-0.05, 0) is 48.9 Å². The van der Waals surface area contributed by atoms with E-state index in [1.807, 2.05) is 30.3 Å². The Hall–Kier alpha value is -3.89. The summed E-state index contributed by atoms with van der Waals surface area (Å²) in [6.07, 6.45) is -0.955. The van der Waals surface area contributed by atoms with Gasteiger partial charge in [-0.1, -0.05) is 42.5 Å². The van der Waals surface area contributed by atoms with E-state index in [4.69, 9.17) is 14.2 Å². The Balaban J connectivity index is 1.40. The van der Waals surface area contributed by atoms with Crippen molar-refractivity contribution in [2.24, 2.45) is 0 Å². The number of nitrogens with zero attached hydrogens (tertiary/aromatic N) is 1. The molecule has 0 saturated carbocycles. The molecule has 2 atom stereocenters. The third-order valence-corrected chi connectivity index (χ3v) is 7.22. The number of hydrogen-bond donors (Lipinski definition) is 1. The highest BCUT2D eigenvalue weighted by atomic mass is 32.2. The number of nitrogens with one attached hydrogen (secondary N) is 1. The van der Waals surface area contributed by atoms with Crippen LogP contribution >= 0.6 is 0 Å². The SMILES string of the molecule is COC(=O)[C@@H]1CN(C(=O)COc2ccc(S(=O)(=O)N[C@H](C)c3ccccc3)cc2)c2ccccc2O1. The number of para-hydroxylation sites is 2. The number of ether oxygens (including phenoxy) is 3. The monoisotopic (exact) mass is 510 g/mol. The van der Waals surface area contributed by atoms with Gasteiger partial charge in [0.1, 0.15) is 11.5 Å². The van der Waals surface area contributed by atoms with Gasteiger partial charge in [-0.2, -0.15) is 0 Å². The molecule has 0 aliphatic carbocycles. The molecule has 0 saturated heterocycles. The van der Waals surface area contributed by atoms with Crippen LogP contribution in [-0.2, 0) is 24.3 Å². The van der Waals surface area contributed by atoms with Crippen molar-refractivity contribution in [3.05, 3.63) is 84.4 Å². The number of carbonyl (C=O) groups is 2. The minimum absolute atomic E-state index is 0.0195. The molecule has 0 spiro atoms. The van der Waals surface area contributed by atoms with Crippen molar-refractivity contribution in [1.29, 1.82) is 0 Å². The summed E-state index contributed by atoms with van der Waals surface area (Å²) in [6, 6.07) is 21.5. The summed E-state index contributed by atoms with van der Waals surface area (Å²) in [4.78, 5) is 26.5. The second kappa shape index (κ2) is 10.8. The Kier molecular flexibility index (Phi) is 7.56. The van der Waals surface area contributed by atoms with E-state index in [0.29, 0.717) is 17.2 Å². The number of hydrogen-bond acceptors (Lipinski definition) is 7. The number of benzene rings is 3. The Labute approximate surface area is 209 Å². The van der Waals surface area contributed by atoms with Crippen molar-refractivity contribution in [3.63, 3.8) is 0 Å². The standard InChI is InChI=1S/C26H26N2O7S/c1-18(19-8-4-3-5-9-19)27-36(31,32)21-14-12-20(13-15-21)34-17-25(29)28-16-24(26(30)33-2)35-23-11-7-6-10-22(23)28/h3-15,18,24,27H,16-17H2,1-2H3/t18-,24+/m1/s1. The average molecular weight is 511 g/mol. The zero-order chi connectivity index (χ0) is 25.7. The van der Waals surface area contributed by atoms with Crippen molar-refractivity contribution in [2.75, 3.05) is 25.2 Å². The molecule has 3 aromatic rings. The fourth-order valence-corrected chi connectivity index (χ4v) is 5.01. The Morgan fingerprint density at radius 1 is 1.03 bits per heavy atom. The number of carbonyl (C=O) groups excluding carboxylic acids is 2. The van der Waals surface area contributed by atoms with E-state index in [9.17, 15) is 18.0 Å². The van der Waals surface area contributed by atoms with Crippen LogP contribution in [0.15, 0.2) is 83.8 Å². The molecule has 36 heavy (non-hydrogen) atoms. The zero-order valence-electron chi connectivity index (χ0n) is 19.8. The molecular weight excluding hydrogens is 484 g/mol. The second-order valence-corrected chi connectivity index (χ2v) is 9.83. The van der Waals surface area contributed by atoms with E-state index in [-0.39, 0.29) is 18.0 Å². The van der Waals surface area contributed by atoms with Crippen molar-refractivity contribution in [3.8, 4) is 11.5 Å². The van der Waals surface area contributed by atoms with Crippen molar-refractivity contribution >= 4 is 27.6 Å². The largest absolute Gasteiger partial charge is 0.484 e. The molecule has 1 amide bonds. The molecule has 3 aromatic carbocycles. The molecule has 1 heterocycles. The first-order chi connectivity index (χ1) is 17.3. The maximum absolute atomic E-state index is 13.0. The summed E-state index contributed by atoms with van der Waals surface area (Å²) < 4.78 is 44.2. The van der Waals surface area contributed by atoms with Gasteiger partial charge in [0.05, 0.1) is 24.2 Å². The number of fused-ring (bicyclic) bond motifs is 1. The van der Waals surface area contributed by atoms with Gasteiger partial charge in [-0.3, -0.25) is 4.79 Å². The molecule has 0 bridgehead atoms. The zero-order valence-corrected chi connectivity index (χ0v) is 20.6. The van der Waals surface area contributed by atoms with Gasteiger partial charge < -0.3 is 19.1 Å². The minimum Gasteiger partial charge on any atom is -0.484 e. The molecule has 188 valence electrons. The highest BCUT2D eigenvalue weighted by Crippen LogP contribution is 2.33. The van der Waals surface area contributed by atoms with Crippen LogP contribution in [0, 0.1) is 0 Å². The lowest BCUT2D eigenvalue weighted by Gasteiger charge is -2.33. The summed E-state index contributed by atoms with van der Waals surface area (Å²) in [5.41, 5.74) is 1.37. The summed E-state index contributed by atoms with van der Waals surface area (Å²) in [5.74, 6) is -0.270. The first-order valence-corrected chi connectivity index (χ1v) is 12.7. The van der Waals surface area contributed by atoms with E-state index < -0.39 is 34.0 Å². The van der Waals surface area contributed by atoms with Crippen LogP contribution in [0.4, 0.5) is 5.69 Å². The van der Waals surface area contributed by atoms with E-state index in [1.54, 1.807) is 31.2 Å². The predicted molar refractivity (Wildman–Crippen MR) is 132 cm³/mol. The van der Waals surface area contributed by atoms with Gasteiger partial charge in [-0.15, -0.1) is 0 Å². The summed E-state index contributed by atoms with van der Waals surface area (Å²) in [7, 11) is -2.51. The second-order valence-electron chi connectivity index (χ2n) is 8.12. The molecule has 0 unspecified atom stereocenters. The number of rotatable bonds is 8. The maximum atomic E-state index is 13.0. The molecule has 0 fully saturated rings. The van der Waals surface area contributed by atoms with Crippen LogP contribution in [0.1, 0.15) is 18.5 Å². The lowest BCUT2D eigenvalue weighted by Crippen LogP contribution is -2.48. The Morgan fingerprint density at radius 3 is 2.39 bits per heavy atom. The number of amides is 1. The molecule has 10 heteroatoms. The third kappa shape index (κ3) is 5.67. The van der Waals surface area contributed by atoms with Crippen LogP contribution in [0.25, 0.3) is 0 Å². The minimum atomic E-state index is -3.76. The highest BCUT2D eigenvalue weighted by molar-refractivity contribution is 7.89. The van der Waals surface area contributed by atoms with Crippen molar-refractivity contribution in [2.45, 2.75) is 24.0 Å². The first-order valence-electron chi connectivity index (χ1n) is 11.2. The summed E-state index contributed by atoms with van der Waals surface area (Å²) in [5, 5.41) is 0. The molecular formula is C26H26N2O7S. The molecule has 1 N–H and O–H groups in total. The van der Waals surface area contributed by atoms with E-state index in [1.165, 1.54) is 36.3 Å². The van der Waals surface area contributed by atoms with Crippen LogP contribution in [-0.4, -0.2) is 46.7 Å². The Morgan fingerprint density at radius 2 is 1.69 bits per heavy atom. The maximum Gasteiger partial charge on any atom is 0.348 e. The number of methoxy groups -OCH3 is 1. The van der Waals surface area contributed by atoms with Crippen LogP contribution < -0.4 is 19.1 Å². The summed E-state index contributed by atoms with van der Waals surface area (Å²) in [6.45, 7) is 1.43. The van der Waals surface area contributed by atoms with Crippen molar-refractivity contribution in [1.82, 2.24) is 4.72 Å². The molecule has 0 radical (unpaired) electrons. The smallest absolute Gasteiger partial charge is 0.348 e. The first kappa shape index (κ1) is 25.2. The highest BCUT2D eigenvalue weighted by Gasteiger charge is 2.34. The molecule has 0 aromatic heterocycles. The predicted octanol–water partition coefficient (Wildman–Crippen LogP) is 3.07. The van der Waals surface area contributed by atoms with Crippen molar-refractivity contribution < 1.29 is 32.2 Å². The fraction of sp³-hybridized carbons (Fsp3) is 0.231. The van der Waals surface area contributed by atoms with Gasteiger partial charge >= 0.3 is 5.97 Å². The molecule has 9 nitrogen and oxygen atoms in total. The number of anilines is 1. The van der Waals surface area contributed by atoms with E-state index in [2.05, 4.69) is 4.72 Å². The topological polar surface area (TPSA) is 111 Å². The fourth-order valence-electron chi connectivity index (χ4n) is 3.77. The average Bonchev–Trinajstić information content (AvgIpc) is 2.91. The van der Waals surface area contributed by atoms with E-state index in [0.717, 1.165) is 5.56 Å². The van der Waals surface area contributed by atoms with Gasteiger partial charge in [0.25, 0.3) is 5.91 Å². The number of sulfonamides is 1. The number of esters is 1. The summed E-state index contributed by atoms with van der Waals surface area (Å²) >= 11 is 0. The van der Waals surface area contributed by atoms with Crippen LogP contribution in [0.2, 0.25) is 0 Å². The van der Waals surface area contributed by atoms with E-state index >= 15 is 0 Å². The lowest BCUT2D eigenvalue weighted by atomic mass is 10.1. The molecule has 4 rings (SSSR count). The van der Waals surface area contributed by atoms with Crippen LogP contribution in [0.5, 0.6) is 11.5 Å². The Bertz CT molecular complexity index is 1330. The van der Waals surface area contributed by atoms with Gasteiger partial charge in [0, 0.05) is 6.04 Å². The molecule has 1 aliphatic rings. The lowest BCUT2D eigenvalue weighted by molar-refractivity contribution is -0.148. The van der Waals surface area contributed by atoms with Gasteiger partial charge in [0.15, 0.2) is 6.61 Å².